The smallest absolute Gasteiger partial charge is 0.192 e. The molecular formula is C12H7ClF3N. The molecule has 0 heterocycles. The fourth-order valence-corrected chi connectivity index (χ4v) is 1.22. The molecule has 1 aromatic rings. The van der Waals surface area contributed by atoms with E-state index in [-0.39, 0.29) is 11.1 Å². The fourth-order valence-electron chi connectivity index (χ4n) is 1.13. The van der Waals surface area contributed by atoms with Crippen molar-refractivity contribution < 1.29 is 13.2 Å². The van der Waals surface area contributed by atoms with Crippen molar-refractivity contribution in [1.29, 1.82) is 5.26 Å². The molecule has 0 bridgehead atoms. The maximum absolute atomic E-state index is 12.4. The summed E-state index contributed by atoms with van der Waals surface area (Å²) in [7, 11) is 0. The maximum Gasteiger partial charge on any atom is 0.416 e. The summed E-state index contributed by atoms with van der Waals surface area (Å²) in [6.45, 7) is 0. The SMILES string of the molecule is N#Cc1cc(C(F)(F)F)ccc1C#CCCCl. The average molecular weight is 258 g/mol. The highest BCUT2D eigenvalue weighted by atomic mass is 35.5. The number of rotatable bonds is 1. The molecule has 88 valence electrons. The molecule has 5 heteroatoms. The van der Waals surface area contributed by atoms with Gasteiger partial charge in [0.1, 0.15) is 6.07 Å². The first-order chi connectivity index (χ1) is 7.99. The average Bonchev–Trinajstić information content (AvgIpc) is 2.28. The van der Waals surface area contributed by atoms with Gasteiger partial charge >= 0.3 is 6.18 Å². The molecule has 1 nitrogen and oxygen atoms in total. The minimum atomic E-state index is -4.45. The van der Waals surface area contributed by atoms with Crippen molar-refractivity contribution in [3.05, 3.63) is 34.9 Å². The van der Waals surface area contributed by atoms with Crippen LogP contribution < -0.4 is 0 Å². The normalized spacial score (nSPS) is 10.3. The molecule has 0 spiro atoms. The minimum Gasteiger partial charge on any atom is -0.192 e. The van der Waals surface area contributed by atoms with Crippen LogP contribution in [0.25, 0.3) is 0 Å². The summed E-state index contributed by atoms with van der Waals surface area (Å²) in [5, 5.41) is 8.75. The first-order valence-corrected chi connectivity index (χ1v) is 5.18. The van der Waals surface area contributed by atoms with Crippen molar-refractivity contribution in [2.75, 3.05) is 5.88 Å². The molecule has 0 saturated carbocycles. The van der Waals surface area contributed by atoms with E-state index in [0.29, 0.717) is 12.3 Å². The van der Waals surface area contributed by atoms with E-state index in [1.165, 1.54) is 6.07 Å². The molecule has 0 aliphatic rings. The van der Waals surface area contributed by atoms with Crippen LogP contribution in [0.1, 0.15) is 23.1 Å². The molecule has 0 saturated heterocycles. The third-order valence-electron chi connectivity index (χ3n) is 1.91. The van der Waals surface area contributed by atoms with E-state index in [1.54, 1.807) is 6.07 Å². The second-order valence-electron chi connectivity index (χ2n) is 3.11. The topological polar surface area (TPSA) is 23.8 Å². The van der Waals surface area contributed by atoms with Gasteiger partial charge in [-0.25, -0.2) is 0 Å². The van der Waals surface area contributed by atoms with Crippen molar-refractivity contribution >= 4 is 11.6 Å². The molecule has 0 aliphatic heterocycles. The lowest BCUT2D eigenvalue weighted by Gasteiger charge is -2.06. The minimum absolute atomic E-state index is 0.0816. The molecule has 0 unspecified atom stereocenters. The molecule has 1 aromatic carbocycles. The number of alkyl halides is 4. The summed E-state index contributed by atoms with van der Waals surface area (Å²) in [5.41, 5.74) is -0.649. The molecule has 0 radical (unpaired) electrons. The number of hydrogen-bond donors (Lipinski definition) is 0. The Hall–Kier alpha value is -1.65. The van der Waals surface area contributed by atoms with Crippen LogP contribution in [0.4, 0.5) is 13.2 Å². The van der Waals surface area contributed by atoms with Crippen molar-refractivity contribution in [2.45, 2.75) is 12.6 Å². The Bertz CT molecular complexity index is 503. The van der Waals surface area contributed by atoms with Crippen LogP contribution in [0.3, 0.4) is 0 Å². The zero-order chi connectivity index (χ0) is 12.9. The summed E-state index contributed by atoms with van der Waals surface area (Å²) >= 11 is 5.41. The van der Waals surface area contributed by atoms with Crippen LogP contribution in [0.2, 0.25) is 0 Å². The number of halogens is 4. The van der Waals surface area contributed by atoms with Crippen LogP contribution in [0.5, 0.6) is 0 Å². The Morgan fingerprint density at radius 3 is 2.47 bits per heavy atom. The van der Waals surface area contributed by atoms with Gasteiger partial charge in [-0.15, -0.1) is 11.6 Å². The predicted octanol–water partition coefficient (Wildman–Crippen LogP) is 3.56. The van der Waals surface area contributed by atoms with E-state index >= 15 is 0 Å². The lowest BCUT2D eigenvalue weighted by molar-refractivity contribution is -0.137. The molecule has 1 rings (SSSR count). The van der Waals surface area contributed by atoms with Gasteiger partial charge in [-0.05, 0) is 18.2 Å². The highest BCUT2D eigenvalue weighted by molar-refractivity contribution is 6.18. The van der Waals surface area contributed by atoms with Crippen LogP contribution in [0.15, 0.2) is 18.2 Å². The van der Waals surface area contributed by atoms with Crippen molar-refractivity contribution in [1.82, 2.24) is 0 Å². The van der Waals surface area contributed by atoms with Crippen molar-refractivity contribution in [3.63, 3.8) is 0 Å². The van der Waals surface area contributed by atoms with E-state index in [1.807, 2.05) is 0 Å². The van der Waals surface area contributed by atoms with Gasteiger partial charge in [0.15, 0.2) is 0 Å². The van der Waals surface area contributed by atoms with E-state index in [0.717, 1.165) is 12.1 Å². The van der Waals surface area contributed by atoms with Crippen LogP contribution in [0, 0.1) is 23.2 Å². The fraction of sp³-hybridized carbons (Fsp3) is 0.250. The van der Waals surface area contributed by atoms with Crippen molar-refractivity contribution in [2.24, 2.45) is 0 Å². The Balaban J connectivity index is 3.13. The summed E-state index contributed by atoms with van der Waals surface area (Å²) in [6, 6.07) is 4.60. The second-order valence-corrected chi connectivity index (χ2v) is 3.49. The van der Waals surface area contributed by atoms with E-state index in [2.05, 4.69) is 11.8 Å². The summed E-state index contributed by atoms with van der Waals surface area (Å²) in [5.74, 6) is 5.63. The summed E-state index contributed by atoms with van der Waals surface area (Å²) in [4.78, 5) is 0. The van der Waals surface area contributed by atoms with Gasteiger partial charge in [0.25, 0.3) is 0 Å². The van der Waals surface area contributed by atoms with Gasteiger partial charge in [-0.2, -0.15) is 18.4 Å². The van der Waals surface area contributed by atoms with Crippen LogP contribution in [-0.4, -0.2) is 5.88 Å². The van der Waals surface area contributed by atoms with E-state index < -0.39 is 11.7 Å². The third kappa shape index (κ3) is 3.69. The number of nitriles is 1. The van der Waals surface area contributed by atoms with E-state index in [9.17, 15) is 13.2 Å². The van der Waals surface area contributed by atoms with Crippen LogP contribution in [-0.2, 0) is 6.18 Å². The van der Waals surface area contributed by atoms with Gasteiger partial charge < -0.3 is 0 Å². The lowest BCUT2D eigenvalue weighted by Crippen LogP contribution is -2.05. The largest absolute Gasteiger partial charge is 0.416 e. The zero-order valence-electron chi connectivity index (χ0n) is 8.61. The Kier molecular flexibility index (Phi) is 4.43. The first kappa shape index (κ1) is 13.4. The summed E-state index contributed by atoms with van der Waals surface area (Å²) in [6.07, 6.45) is -4.03. The third-order valence-corrected chi connectivity index (χ3v) is 2.10. The molecular weight excluding hydrogens is 251 g/mol. The van der Waals surface area contributed by atoms with Gasteiger partial charge in [0, 0.05) is 17.9 Å². The first-order valence-electron chi connectivity index (χ1n) is 4.65. The maximum atomic E-state index is 12.4. The summed E-state index contributed by atoms with van der Waals surface area (Å²) < 4.78 is 37.1. The molecule has 0 aliphatic carbocycles. The molecule has 0 fully saturated rings. The Morgan fingerprint density at radius 2 is 1.94 bits per heavy atom. The van der Waals surface area contributed by atoms with Gasteiger partial charge in [0.05, 0.1) is 11.1 Å². The monoisotopic (exact) mass is 257 g/mol. The lowest BCUT2D eigenvalue weighted by atomic mass is 10.0. The van der Waals surface area contributed by atoms with Gasteiger partial charge in [-0.3, -0.25) is 0 Å². The molecule has 0 amide bonds. The van der Waals surface area contributed by atoms with Crippen molar-refractivity contribution in [3.8, 4) is 17.9 Å². The number of nitrogens with zero attached hydrogens (tertiary/aromatic N) is 1. The second kappa shape index (κ2) is 5.61. The van der Waals surface area contributed by atoms with Gasteiger partial charge in [0.2, 0.25) is 0 Å². The standard InChI is InChI=1S/C12H7ClF3N/c13-6-2-1-3-9-4-5-11(12(14,15)16)7-10(9)8-17/h4-5,7H,2,6H2. The highest BCUT2D eigenvalue weighted by Gasteiger charge is 2.30. The zero-order valence-corrected chi connectivity index (χ0v) is 9.36. The molecule has 0 N–H and O–H groups in total. The molecule has 17 heavy (non-hydrogen) atoms. The Morgan fingerprint density at radius 1 is 1.24 bits per heavy atom. The molecule has 0 atom stereocenters. The molecule has 0 aromatic heterocycles. The number of benzene rings is 1. The highest BCUT2D eigenvalue weighted by Crippen LogP contribution is 2.30. The quantitative estimate of drug-likeness (QED) is 0.557. The van der Waals surface area contributed by atoms with Crippen LogP contribution >= 0.6 is 11.6 Å². The van der Waals surface area contributed by atoms with Gasteiger partial charge in [-0.1, -0.05) is 11.8 Å². The Labute approximate surface area is 102 Å². The predicted molar refractivity (Wildman–Crippen MR) is 58.4 cm³/mol. The van der Waals surface area contributed by atoms with E-state index in [4.69, 9.17) is 16.9 Å². The number of hydrogen-bond acceptors (Lipinski definition) is 1.